The van der Waals surface area contributed by atoms with Crippen molar-refractivity contribution in [1.29, 1.82) is 0 Å². The lowest BCUT2D eigenvalue weighted by Crippen LogP contribution is -2.41. The molecule has 1 N–H and O–H groups in total. The maximum Gasteiger partial charge on any atom is 0.264 e. The molecule has 1 heterocycles. The SMILES string of the molecule is CC(C)(C)c1ccc(C(=O)C[C@]2(O)C(=O)N(Cc3ccc(Cl)cc3)c3ccc(Br)cc32)cc1. The molecule has 3 aromatic rings. The number of Topliss-reactive ketones (excluding diaryl/α,β-unsaturated/α-hetero) is 1. The first kappa shape index (κ1) is 23.7. The van der Waals surface area contributed by atoms with Crippen LogP contribution in [0.5, 0.6) is 0 Å². The summed E-state index contributed by atoms with van der Waals surface area (Å²) in [6, 6.07) is 19.9. The molecule has 0 aromatic heterocycles. The van der Waals surface area contributed by atoms with Crippen molar-refractivity contribution in [2.75, 3.05) is 4.90 Å². The van der Waals surface area contributed by atoms with Gasteiger partial charge in [0.2, 0.25) is 0 Å². The molecule has 4 rings (SSSR count). The number of aliphatic hydroxyl groups is 1. The zero-order valence-electron chi connectivity index (χ0n) is 18.7. The molecule has 1 aliphatic rings. The molecule has 1 amide bonds. The quantitative estimate of drug-likeness (QED) is 0.391. The molecule has 33 heavy (non-hydrogen) atoms. The highest BCUT2D eigenvalue weighted by molar-refractivity contribution is 9.10. The van der Waals surface area contributed by atoms with E-state index in [1.165, 1.54) is 4.90 Å². The number of anilines is 1. The number of fused-ring (bicyclic) bond motifs is 1. The number of carbonyl (C=O) groups excluding carboxylic acids is 2. The molecule has 1 atom stereocenters. The van der Waals surface area contributed by atoms with Crippen molar-refractivity contribution in [2.45, 2.75) is 44.8 Å². The van der Waals surface area contributed by atoms with Gasteiger partial charge >= 0.3 is 0 Å². The summed E-state index contributed by atoms with van der Waals surface area (Å²) in [5.41, 5.74) is 1.50. The lowest BCUT2D eigenvalue weighted by atomic mass is 9.85. The van der Waals surface area contributed by atoms with Crippen LogP contribution in [0.3, 0.4) is 0 Å². The van der Waals surface area contributed by atoms with Crippen molar-refractivity contribution in [1.82, 2.24) is 0 Å². The van der Waals surface area contributed by atoms with Crippen molar-refractivity contribution in [3.8, 4) is 0 Å². The Hall–Kier alpha value is -2.47. The molecule has 0 radical (unpaired) electrons. The minimum absolute atomic E-state index is 0.0332. The van der Waals surface area contributed by atoms with Gasteiger partial charge < -0.3 is 10.0 Å². The smallest absolute Gasteiger partial charge is 0.264 e. The molecule has 0 spiro atoms. The maximum absolute atomic E-state index is 13.5. The predicted molar refractivity (Wildman–Crippen MR) is 135 cm³/mol. The van der Waals surface area contributed by atoms with Gasteiger partial charge in [0, 0.05) is 20.6 Å². The lowest BCUT2D eigenvalue weighted by Gasteiger charge is -2.23. The molecule has 0 saturated carbocycles. The molecule has 170 valence electrons. The number of amides is 1. The third-order valence-corrected chi connectivity index (χ3v) is 6.78. The van der Waals surface area contributed by atoms with Crippen LogP contribution >= 0.6 is 27.5 Å². The minimum atomic E-state index is -1.94. The zero-order valence-corrected chi connectivity index (χ0v) is 21.1. The van der Waals surface area contributed by atoms with Gasteiger partial charge in [0.15, 0.2) is 11.4 Å². The van der Waals surface area contributed by atoms with E-state index >= 15 is 0 Å². The van der Waals surface area contributed by atoms with Crippen LogP contribution in [0.25, 0.3) is 0 Å². The van der Waals surface area contributed by atoms with Gasteiger partial charge in [-0.3, -0.25) is 9.59 Å². The molecule has 0 saturated heterocycles. The molecule has 3 aromatic carbocycles. The number of rotatable bonds is 5. The summed E-state index contributed by atoms with van der Waals surface area (Å²) in [6.45, 7) is 6.58. The Kier molecular flexibility index (Phi) is 6.25. The summed E-state index contributed by atoms with van der Waals surface area (Å²) in [5, 5.41) is 12.2. The van der Waals surface area contributed by atoms with Gasteiger partial charge in [-0.2, -0.15) is 0 Å². The van der Waals surface area contributed by atoms with Crippen molar-refractivity contribution in [3.05, 3.63) is 98.5 Å². The molecular formula is C27H25BrClNO3. The van der Waals surface area contributed by atoms with Crippen LogP contribution in [-0.4, -0.2) is 16.8 Å². The maximum atomic E-state index is 13.5. The highest BCUT2D eigenvalue weighted by atomic mass is 79.9. The monoisotopic (exact) mass is 525 g/mol. The average molecular weight is 527 g/mol. The molecular weight excluding hydrogens is 502 g/mol. The van der Waals surface area contributed by atoms with Crippen LogP contribution in [0.1, 0.15) is 54.2 Å². The van der Waals surface area contributed by atoms with E-state index in [1.807, 2.05) is 30.3 Å². The highest BCUT2D eigenvalue weighted by Gasteiger charge is 2.51. The fourth-order valence-corrected chi connectivity index (χ4v) is 4.60. The fourth-order valence-electron chi connectivity index (χ4n) is 4.11. The molecule has 0 fully saturated rings. The Morgan fingerprint density at radius 3 is 2.27 bits per heavy atom. The molecule has 0 aliphatic carbocycles. The van der Waals surface area contributed by atoms with Crippen molar-refractivity contribution in [2.24, 2.45) is 0 Å². The van der Waals surface area contributed by atoms with Gasteiger partial charge in [0.25, 0.3) is 5.91 Å². The van der Waals surface area contributed by atoms with Crippen LogP contribution < -0.4 is 4.90 Å². The van der Waals surface area contributed by atoms with E-state index in [0.29, 0.717) is 21.8 Å². The number of ketones is 1. The second-order valence-electron chi connectivity index (χ2n) is 9.47. The Bertz CT molecular complexity index is 1220. The van der Waals surface area contributed by atoms with Crippen LogP contribution in [0, 0.1) is 0 Å². The largest absolute Gasteiger partial charge is 0.375 e. The Morgan fingerprint density at radius 2 is 1.67 bits per heavy atom. The summed E-state index contributed by atoms with van der Waals surface area (Å²) in [5.74, 6) is -0.796. The topological polar surface area (TPSA) is 57.6 Å². The molecule has 0 bridgehead atoms. The van der Waals surface area contributed by atoms with E-state index in [1.54, 1.807) is 36.4 Å². The average Bonchev–Trinajstić information content (AvgIpc) is 2.96. The van der Waals surface area contributed by atoms with Crippen LogP contribution in [0.2, 0.25) is 5.02 Å². The van der Waals surface area contributed by atoms with Gasteiger partial charge in [-0.05, 0) is 46.9 Å². The molecule has 0 unspecified atom stereocenters. The van der Waals surface area contributed by atoms with E-state index < -0.39 is 11.5 Å². The number of hydrogen-bond acceptors (Lipinski definition) is 3. The molecule has 4 nitrogen and oxygen atoms in total. The van der Waals surface area contributed by atoms with E-state index in [4.69, 9.17) is 11.6 Å². The van der Waals surface area contributed by atoms with Crippen LogP contribution in [-0.2, 0) is 22.4 Å². The highest BCUT2D eigenvalue weighted by Crippen LogP contribution is 2.45. The third-order valence-electron chi connectivity index (χ3n) is 6.04. The Balaban J connectivity index is 1.66. The van der Waals surface area contributed by atoms with Gasteiger partial charge in [-0.1, -0.05) is 84.7 Å². The first-order chi connectivity index (χ1) is 15.5. The van der Waals surface area contributed by atoms with E-state index in [9.17, 15) is 14.7 Å². The first-order valence-electron chi connectivity index (χ1n) is 10.7. The van der Waals surface area contributed by atoms with E-state index in [2.05, 4.69) is 36.7 Å². The van der Waals surface area contributed by atoms with E-state index in [-0.39, 0.29) is 24.2 Å². The molecule has 1 aliphatic heterocycles. The lowest BCUT2D eigenvalue weighted by molar-refractivity contribution is -0.136. The molecule has 6 heteroatoms. The predicted octanol–water partition coefficient (Wildman–Crippen LogP) is 6.41. The van der Waals surface area contributed by atoms with Gasteiger partial charge in [0.1, 0.15) is 0 Å². The van der Waals surface area contributed by atoms with Gasteiger partial charge in [-0.25, -0.2) is 0 Å². The van der Waals surface area contributed by atoms with E-state index in [0.717, 1.165) is 15.6 Å². The minimum Gasteiger partial charge on any atom is -0.375 e. The number of nitrogens with zero attached hydrogens (tertiary/aromatic N) is 1. The summed E-state index contributed by atoms with van der Waals surface area (Å²) in [4.78, 5) is 28.2. The Labute approximate surface area is 207 Å². The summed E-state index contributed by atoms with van der Waals surface area (Å²) < 4.78 is 0.725. The first-order valence-corrected chi connectivity index (χ1v) is 11.9. The summed E-state index contributed by atoms with van der Waals surface area (Å²) in [6.07, 6.45) is -0.332. The summed E-state index contributed by atoms with van der Waals surface area (Å²) >= 11 is 9.42. The second kappa shape index (κ2) is 8.71. The number of halogens is 2. The third kappa shape index (κ3) is 4.63. The Morgan fingerprint density at radius 1 is 1.03 bits per heavy atom. The number of hydrogen-bond donors (Lipinski definition) is 1. The second-order valence-corrected chi connectivity index (χ2v) is 10.8. The van der Waals surface area contributed by atoms with Gasteiger partial charge in [0.05, 0.1) is 18.7 Å². The fraction of sp³-hybridized carbons (Fsp3) is 0.259. The van der Waals surface area contributed by atoms with Crippen molar-refractivity contribution >= 4 is 44.9 Å². The summed E-state index contributed by atoms with van der Waals surface area (Å²) in [7, 11) is 0. The normalized spacial score (nSPS) is 17.9. The number of carbonyl (C=O) groups is 2. The zero-order chi connectivity index (χ0) is 24.0. The number of benzene rings is 3. The van der Waals surface area contributed by atoms with Crippen LogP contribution in [0.15, 0.2) is 71.2 Å². The standard InChI is InChI=1S/C27H25BrClNO3/c1-26(2,3)19-8-6-18(7-9-19)24(31)15-27(33)22-14-20(28)10-13-23(22)30(25(27)32)16-17-4-11-21(29)12-5-17/h4-14,33H,15-16H2,1-3H3/t27-/m1/s1. The van der Waals surface area contributed by atoms with Gasteiger partial charge in [-0.15, -0.1) is 0 Å². The van der Waals surface area contributed by atoms with Crippen molar-refractivity contribution < 1.29 is 14.7 Å². The van der Waals surface area contributed by atoms with Crippen LogP contribution in [0.4, 0.5) is 5.69 Å². The van der Waals surface area contributed by atoms with Crippen molar-refractivity contribution in [3.63, 3.8) is 0 Å².